The van der Waals surface area contributed by atoms with Gasteiger partial charge in [0, 0.05) is 30.0 Å². The summed E-state index contributed by atoms with van der Waals surface area (Å²) < 4.78 is 41.9. The van der Waals surface area contributed by atoms with Gasteiger partial charge < -0.3 is 14.8 Å². The van der Waals surface area contributed by atoms with Crippen LogP contribution in [0.2, 0.25) is 5.02 Å². The summed E-state index contributed by atoms with van der Waals surface area (Å²) in [6.45, 7) is 3.21. The maximum atomic E-state index is 13.3. The van der Waals surface area contributed by atoms with Gasteiger partial charge >= 0.3 is 12.2 Å². The van der Waals surface area contributed by atoms with Gasteiger partial charge in [-0.3, -0.25) is 0 Å². The fourth-order valence-corrected chi connectivity index (χ4v) is 3.58. The number of nitrogens with zero attached hydrogens (tertiary/aromatic N) is 2. The fraction of sp³-hybridized carbons (Fsp3) is 0.292. The highest BCUT2D eigenvalue weighted by Crippen LogP contribution is 2.34. The molecule has 2 amide bonds. The van der Waals surface area contributed by atoms with E-state index in [9.17, 15) is 18.0 Å². The monoisotopic (exact) mass is 463 g/mol. The number of alkyl halides is 3. The molecule has 0 saturated carbocycles. The van der Waals surface area contributed by atoms with Crippen LogP contribution in [0, 0.1) is 0 Å². The number of benzene rings is 2. The fourth-order valence-electron chi connectivity index (χ4n) is 3.39. The summed E-state index contributed by atoms with van der Waals surface area (Å²) >= 11 is 6.28. The molecule has 1 heterocycles. The molecule has 0 aliphatic carbocycles. The van der Waals surface area contributed by atoms with Crippen molar-refractivity contribution in [3.05, 3.63) is 88.7 Å². The molecule has 4 nitrogen and oxygen atoms in total. The molecule has 1 aromatic heterocycles. The Kier molecular flexibility index (Phi) is 7.85. The van der Waals surface area contributed by atoms with E-state index in [4.69, 9.17) is 11.6 Å². The number of halogens is 4. The SMILES string of the molecule is CCCCN(Cc1cccn1Cc1ccccc1Cl)C(=O)Nc1ccccc1C(F)(F)F. The van der Waals surface area contributed by atoms with E-state index in [1.165, 1.54) is 23.1 Å². The molecule has 3 rings (SSSR count). The number of hydrogen-bond acceptors (Lipinski definition) is 1. The van der Waals surface area contributed by atoms with Crippen molar-refractivity contribution in [1.82, 2.24) is 9.47 Å². The molecular formula is C24H25ClF3N3O. The van der Waals surface area contributed by atoms with Gasteiger partial charge in [-0.05, 0) is 42.3 Å². The summed E-state index contributed by atoms with van der Waals surface area (Å²) in [4.78, 5) is 14.5. The number of unbranched alkanes of at least 4 members (excludes halogenated alkanes) is 1. The average molecular weight is 464 g/mol. The number of urea groups is 1. The molecule has 0 fully saturated rings. The minimum Gasteiger partial charge on any atom is -0.345 e. The molecular weight excluding hydrogens is 439 g/mol. The number of hydrogen-bond donors (Lipinski definition) is 1. The van der Waals surface area contributed by atoms with E-state index in [1.807, 2.05) is 54.1 Å². The zero-order valence-electron chi connectivity index (χ0n) is 17.7. The van der Waals surface area contributed by atoms with Crippen molar-refractivity contribution < 1.29 is 18.0 Å². The predicted octanol–water partition coefficient (Wildman–Crippen LogP) is 7.04. The van der Waals surface area contributed by atoms with Crippen molar-refractivity contribution in [3.63, 3.8) is 0 Å². The van der Waals surface area contributed by atoms with Crippen LogP contribution in [0.5, 0.6) is 0 Å². The van der Waals surface area contributed by atoms with Gasteiger partial charge in [-0.25, -0.2) is 4.79 Å². The molecule has 0 bridgehead atoms. The second-order valence-electron chi connectivity index (χ2n) is 7.47. The van der Waals surface area contributed by atoms with Crippen LogP contribution in [0.25, 0.3) is 0 Å². The first-order chi connectivity index (χ1) is 15.3. The summed E-state index contributed by atoms with van der Waals surface area (Å²) in [5.41, 5.74) is 0.680. The highest BCUT2D eigenvalue weighted by molar-refractivity contribution is 6.31. The molecule has 170 valence electrons. The molecule has 0 unspecified atom stereocenters. The molecule has 0 spiro atoms. The lowest BCUT2D eigenvalue weighted by Crippen LogP contribution is -2.36. The largest absolute Gasteiger partial charge is 0.418 e. The van der Waals surface area contributed by atoms with Crippen molar-refractivity contribution >= 4 is 23.3 Å². The molecule has 8 heteroatoms. The second-order valence-corrected chi connectivity index (χ2v) is 7.87. The van der Waals surface area contributed by atoms with Crippen LogP contribution in [0.15, 0.2) is 66.9 Å². The van der Waals surface area contributed by atoms with Gasteiger partial charge in [0.1, 0.15) is 0 Å². The van der Waals surface area contributed by atoms with E-state index < -0.39 is 17.8 Å². The van der Waals surface area contributed by atoms with Crippen molar-refractivity contribution in [1.29, 1.82) is 0 Å². The van der Waals surface area contributed by atoms with Gasteiger partial charge in [0.25, 0.3) is 0 Å². The Morgan fingerprint density at radius 1 is 1.06 bits per heavy atom. The second kappa shape index (κ2) is 10.6. The van der Waals surface area contributed by atoms with Crippen molar-refractivity contribution in [3.8, 4) is 0 Å². The molecule has 0 saturated heterocycles. The maximum absolute atomic E-state index is 13.3. The lowest BCUT2D eigenvalue weighted by atomic mass is 10.1. The third kappa shape index (κ3) is 6.07. The van der Waals surface area contributed by atoms with Gasteiger partial charge in [-0.1, -0.05) is 55.3 Å². The number of carbonyl (C=O) groups is 1. The molecule has 1 N–H and O–H groups in total. The lowest BCUT2D eigenvalue weighted by Gasteiger charge is -2.25. The summed E-state index contributed by atoms with van der Waals surface area (Å²) in [5, 5.41) is 3.10. The van der Waals surface area contributed by atoms with E-state index in [1.54, 1.807) is 0 Å². The predicted molar refractivity (Wildman–Crippen MR) is 121 cm³/mol. The summed E-state index contributed by atoms with van der Waals surface area (Å²) in [6.07, 6.45) is -1.07. The van der Waals surface area contributed by atoms with E-state index in [-0.39, 0.29) is 12.2 Å². The molecule has 0 atom stereocenters. The number of para-hydroxylation sites is 1. The average Bonchev–Trinajstić information content (AvgIpc) is 3.19. The number of rotatable bonds is 8. The van der Waals surface area contributed by atoms with Gasteiger partial charge in [0.15, 0.2) is 0 Å². The van der Waals surface area contributed by atoms with Crippen molar-refractivity contribution in [2.75, 3.05) is 11.9 Å². The highest BCUT2D eigenvalue weighted by Gasteiger charge is 2.34. The number of anilines is 1. The van der Waals surface area contributed by atoms with Crippen molar-refractivity contribution in [2.45, 2.75) is 39.0 Å². The molecule has 0 aliphatic heterocycles. The number of nitrogens with one attached hydrogen (secondary N) is 1. The zero-order valence-corrected chi connectivity index (χ0v) is 18.5. The number of amides is 2. The molecule has 2 aromatic carbocycles. The number of aromatic nitrogens is 1. The zero-order chi connectivity index (χ0) is 23.1. The third-order valence-corrected chi connectivity index (χ3v) is 5.49. The van der Waals surface area contributed by atoms with Gasteiger partial charge in [-0.2, -0.15) is 13.2 Å². The Morgan fingerprint density at radius 3 is 2.50 bits per heavy atom. The van der Waals surface area contributed by atoms with Gasteiger partial charge in [0.2, 0.25) is 0 Å². The third-order valence-electron chi connectivity index (χ3n) is 5.12. The molecule has 3 aromatic rings. The number of carbonyl (C=O) groups excluding carboxylic acids is 1. The Bertz CT molecular complexity index is 1050. The highest BCUT2D eigenvalue weighted by atomic mass is 35.5. The van der Waals surface area contributed by atoms with Gasteiger partial charge in [-0.15, -0.1) is 0 Å². The normalized spacial score (nSPS) is 11.4. The summed E-state index contributed by atoms with van der Waals surface area (Å²) in [6, 6.07) is 15.7. The van der Waals surface area contributed by atoms with Crippen LogP contribution < -0.4 is 5.32 Å². The van der Waals surface area contributed by atoms with Crippen LogP contribution in [0.1, 0.15) is 36.6 Å². The van der Waals surface area contributed by atoms with Crippen LogP contribution in [-0.4, -0.2) is 22.0 Å². The first-order valence-corrected chi connectivity index (χ1v) is 10.8. The Morgan fingerprint density at radius 2 is 1.78 bits per heavy atom. The first kappa shape index (κ1) is 23.7. The Labute approximate surface area is 190 Å². The Hall–Kier alpha value is -2.93. The van der Waals surface area contributed by atoms with E-state index >= 15 is 0 Å². The maximum Gasteiger partial charge on any atom is 0.418 e. The van der Waals surface area contributed by atoms with Gasteiger partial charge in [0.05, 0.1) is 17.8 Å². The van der Waals surface area contributed by atoms with E-state index in [0.717, 1.165) is 30.2 Å². The topological polar surface area (TPSA) is 37.3 Å². The van der Waals surface area contributed by atoms with E-state index in [2.05, 4.69) is 5.32 Å². The van der Waals surface area contributed by atoms with Crippen molar-refractivity contribution in [2.24, 2.45) is 0 Å². The first-order valence-electron chi connectivity index (χ1n) is 10.4. The van der Waals surface area contributed by atoms with E-state index in [0.29, 0.717) is 18.1 Å². The van der Waals surface area contributed by atoms with Crippen LogP contribution in [0.4, 0.5) is 23.7 Å². The quantitative estimate of drug-likeness (QED) is 0.382. The summed E-state index contributed by atoms with van der Waals surface area (Å²) in [7, 11) is 0. The Balaban J connectivity index is 1.79. The minimum atomic E-state index is -4.55. The van der Waals surface area contributed by atoms with Crippen LogP contribution in [0.3, 0.4) is 0 Å². The molecule has 0 radical (unpaired) electrons. The minimum absolute atomic E-state index is 0.252. The standard InChI is InChI=1S/C24H25ClF3N3O/c1-2-3-14-31(23(32)29-22-13-7-5-11-20(22)24(26,27)28)17-19-10-8-15-30(19)16-18-9-4-6-12-21(18)25/h4-13,15H,2-3,14,16-17H2,1H3,(H,29,32). The van der Waals surface area contributed by atoms with Crippen LogP contribution in [-0.2, 0) is 19.3 Å². The lowest BCUT2D eigenvalue weighted by molar-refractivity contribution is -0.136. The summed E-state index contributed by atoms with van der Waals surface area (Å²) in [5.74, 6) is 0. The smallest absolute Gasteiger partial charge is 0.345 e. The molecule has 32 heavy (non-hydrogen) atoms. The molecule has 0 aliphatic rings. The van der Waals surface area contributed by atoms with Crippen LogP contribution >= 0.6 is 11.6 Å².